The second-order valence-electron chi connectivity index (χ2n) is 7.50. The van der Waals surface area contributed by atoms with Gasteiger partial charge in [0.05, 0.1) is 0 Å². The molecule has 0 saturated heterocycles. The van der Waals surface area contributed by atoms with Crippen LogP contribution in [-0.2, 0) is 19.3 Å². The van der Waals surface area contributed by atoms with Crippen LogP contribution >= 0.6 is 0 Å². The van der Waals surface area contributed by atoms with E-state index in [4.69, 9.17) is 0 Å². The fourth-order valence-electron chi connectivity index (χ4n) is 3.72. The van der Waals surface area contributed by atoms with E-state index < -0.39 is 0 Å². The van der Waals surface area contributed by atoms with Crippen LogP contribution in [0.15, 0.2) is 115 Å². The SMILES string of the molecule is C(=C\c1ccccc1)/Cc1cc(Cc2ccccc2)cc(Cc2ccccc2)c1. The van der Waals surface area contributed by atoms with Crippen LogP contribution in [0.1, 0.15) is 33.4 Å². The Labute approximate surface area is 174 Å². The monoisotopic (exact) mass is 374 g/mol. The van der Waals surface area contributed by atoms with E-state index in [0.29, 0.717) is 0 Å². The molecule has 0 aliphatic heterocycles. The van der Waals surface area contributed by atoms with Crippen molar-refractivity contribution in [1.29, 1.82) is 0 Å². The highest BCUT2D eigenvalue weighted by atomic mass is 14.1. The Bertz CT molecular complexity index is 985. The summed E-state index contributed by atoms with van der Waals surface area (Å²) >= 11 is 0. The van der Waals surface area contributed by atoms with Gasteiger partial charge in [0.1, 0.15) is 0 Å². The van der Waals surface area contributed by atoms with Crippen LogP contribution in [0, 0.1) is 0 Å². The molecule has 0 unspecified atom stereocenters. The zero-order valence-electron chi connectivity index (χ0n) is 16.7. The van der Waals surface area contributed by atoms with Crippen LogP contribution in [0.3, 0.4) is 0 Å². The first-order valence-electron chi connectivity index (χ1n) is 10.3. The van der Waals surface area contributed by atoms with Crippen molar-refractivity contribution in [2.45, 2.75) is 19.3 Å². The minimum Gasteiger partial charge on any atom is -0.0795 e. The third-order valence-corrected chi connectivity index (χ3v) is 5.08. The average Bonchev–Trinajstić information content (AvgIpc) is 2.76. The molecule has 0 aliphatic carbocycles. The molecule has 0 atom stereocenters. The van der Waals surface area contributed by atoms with Crippen LogP contribution in [0.5, 0.6) is 0 Å². The van der Waals surface area contributed by atoms with E-state index in [9.17, 15) is 0 Å². The van der Waals surface area contributed by atoms with E-state index in [1.165, 1.54) is 33.4 Å². The van der Waals surface area contributed by atoms with Crippen molar-refractivity contribution < 1.29 is 0 Å². The molecule has 0 amide bonds. The topological polar surface area (TPSA) is 0 Å². The first kappa shape index (κ1) is 19.0. The average molecular weight is 375 g/mol. The summed E-state index contributed by atoms with van der Waals surface area (Å²) in [5.41, 5.74) is 8.10. The molecule has 0 radical (unpaired) electrons. The summed E-state index contributed by atoms with van der Waals surface area (Å²) in [5, 5.41) is 0. The third-order valence-electron chi connectivity index (χ3n) is 5.08. The maximum Gasteiger partial charge on any atom is -0.00256 e. The summed E-state index contributed by atoms with van der Waals surface area (Å²) in [4.78, 5) is 0. The molecule has 4 rings (SSSR count). The van der Waals surface area contributed by atoms with Gasteiger partial charge >= 0.3 is 0 Å². The van der Waals surface area contributed by atoms with Gasteiger partial charge in [0.25, 0.3) is 0 Å². The smallest absolute Gasteiger partial charge is 0.00256 e. The van der Waals surface area contributed by atoms with Crippen LogP contribution in [0.4, 0.5) is 0 Å². The van der Waals surface area contributed by atoms with Crippen molar-refractivity contribution in [1.82, 2.24) is 0 Å². The zero-order valence-corrected chi connectivity index (χ0v) is 16.7. The minimum atomic E-state index is 0.944. The maximum absolute atomic E-state index is 2.37. The number of rotatable bonds is 7. The van der Waals surface area contributed by atoms with Gasteiger partial charge in [0.2, 0.25) is 0 Å². The summed E-state index contributed by atoms with van der Waals surface area (Å²) in [6, 6.07) is 39.0. The summed E-state index contributed by atoms with van der Waals surface area (Å²) < 4.78 is 0. The van der Waals surface area contributed by atoms with Crippen molar-refractivity contribution in [2.75, 3.05) is 0 Å². The Balaban J connectivity index is 1.57. The molecule has 0 aromatic heterocycles. The molecular formula is C29H26. The van der Waals surface area contributed by atoms with Gasteiger partial charge in [-0.05, 0) is 52.6 Å². The third kappa shape index (κ3) is 5.80. The standard InChI is InChI=1S/C29H26/c1-4-11-24(12-5-1)17-10-18-27-21-28(19-25-13-6-2-7-14-25)23-29(22-27)20-26-15-8-3-9-16-26/h1-17,21-23H,18-20H2/b17-10+. The predicted molar refractivity (Wildman–Crippen MR) is 124 cm³/mol. The van der Waals surface area contributed by atoms with Gasteiger partial charge in [-0.1, -0.05) is 121 Å². The van der Waals surface area contributed by atoms with Gasteiger partial charge in [-0.2, -0.15) is 0 Å². The van der Waals surface area contributed by atoms with Crippen molar-refractivity contribution in [3.8, 4) is 0 Å². The van der Waals surface area contributed by atoms with E-state index >= 15 is 0 Å². The van der Waals surface area contributed by atoms with E-state index in [0.717, 1.165) is 19.3 Å². The summed E-state index contributed by atoms with van der Waals surface area (Å²) in [7, 11) is 0. The number of hydrogen-bond acceptors (Lipinski definition) is 0. The first-order chi connectivity index (χ1) is 14.3. The molecule has 0 spiro atoms. The number of benzene rings is 4. The van der Waals surface area contributed by atoms with Crippen molar-refractivity contribution in [3.63, 3.8) is 0 Å². The van der Waals surface area contributed by atoms with Crippen LogP contribution in [0.2, 0.25) is 0 Å². The van der Waals surface area contributed by atoms with E-state index in [2.05, 4.69) is 121 Å². The Morgan fingerprint density at radius 3 is 1.41 bits per heavy atom. The van der Waals surface area contributed by atoms with Crippen molar-refractivity contribution >= 4 is 6.08 Å². The van der Waals surface area contributed by atoms with E-state index in [1.54, 1.807) is 0 Å². The van der Waals surface area contributed by atoms with Crippen LogP contribution in [-0.4, -0.2) is 0 Å². The molecule has 0 heteroatoms. The number of allylic oxidation sites excluding steroid dienone is 1. The second kappa shape index (κ2) is 9.71. The molecule has 0 heterocycles. The Kier molecular flexibility index (Phi) is 6.34. The van der Waals surface area contributed by atoms with E-state index in [1.807, 2.05) is 0 Å². The lowest BCUT2D eigenvalue weighted by Crippen LogP contribution is -1.96. The Hall–Kier alpha value is -3.38. The van der Waals surface area contributed by atoms with Crippen molar-refractivity contribution in [3.05, 3.63) is 149 Å². The Morgan fingerprint density at radius 1 is 0.448 bits per heavy atom. The molecule has 0 aliphatic rings. The molecule has 29 heavy (non-hydrogen) atoms. The minimum absolute atomic E-state index is 0.944. The highest BCUT2D eigenvalue weighted by Gasteiger charge is 2.04. The van der Waals surface area contributed by atoms with Gasteiger partial charge in [-0.15, -0.1) is 0 Å². The second-order valence-corrected chi connectivity index (χ2v) is 7.50. The van der Waals surface area contributed by atoms with Crippen molar-refractivity contribution in [2.24, 2.45) is 0 Å². The number of hydrogen-bond donors (Lipinski definition) is 0. The van der Waals surface area contributed by atoms with Gasteiger partial charge in [-0.3, -0.25) is 0 Å². The molecule has 0 fully saturated rings. The Morgan fingerprint density at radius 2 is 0.897 bits per heavy atom. The van der Waals surface area contributed by atoms with Gasteiger partial charge in [0, 0.05) is 0 Å². The molecule has 0 N–H and O–H groups in total. The zero-order chi connectivity index (χ0) is 19.7. The normalized spacial score (nSPS) is 11.0. The molecule has 0 nitrogen and oxygen atoms in total. The highest BCUT2D eigenvalue weighted by Crippen LogP contribution is 2.19. The summed E-state index contributed by atoms with van der Waals surface area (Å²) in [6.07, 6.45) is 7.36. The van der Waals surface area contributed by atoms with Gasteiger partial charge in [0.15, 0.2) is 0 Å². The molecule has 4 aromatic carbocycles. The predicted octanol–water partition coefficient (Wildman–Crippen LogP) is 7.12. The highest BCUT2D eigenvalue weighted by molar-refractivity contribution is 5.49. The van der Waals surface area contributed by atoms with Gasteiger partial charge < -0.3 is 0 Å². The molecule has 4 aromatic rings. The lowest BCUT2D eigenvalue weighted by atomic mass is 9.95. The summed E-state index contributed by atoms with van der Waals surface area (Å²) in [6.45, 7) is 0. The quantitative estimate of drug-likeness (QED) is 0.323. The molecule has 0 saturated carbocycles. The lowest BCUT2D eigenvalue weighted by Gasteiger charge is -2.10. The molecular weight excluding hydrogens is 348 g/mol. The fourth-order valence-corrected chi connectivity index (χ4v) is 3.72. The summed E-state index contributed by atoms with van der Waals surface area (Å²) in [5.74, 6) is 0. The van der Waals surface area contributed by atoms with Gasteiger partial charge in [-0.25, -0.2) is 0 Å². The van der Waals surface area contributed by atoms with Crippen LogP contribution in [0.25, 0.3) is 6.08 Å². The first-order valence-corrected chi connectivity index (χ1v) is 10.3. The largest absolute Gasteiger partial charge is 0.0795 e. The maximum atomic E-state index is 2.37. The van der Waals surface area contributed by atoms with E-state index in [-0.39, 0.29) is 0 Å². The lowest BCUT2D eigenvalue weighted by molar-refractivity contribution is 1.11. The fraction of sp³-hybridized carbons (Fsp3) is 0.103. The molecule has 142 valence electrons. The molecule has 0 bridgehead atoms. The van der Waals surface area contributed by atoms with Crippen LogP contribution < -0.4 is 0 Å².